The summed E-state index contributed by atoms with van der Waals surface area (Å²) in [5.41, 5.74) is 5.37. The van der Waals surface area contributed by atoms with Crippen molar-refractivity contribution in [1.29, 1.82) is 0 Å². The molecule has 1 aromatic heterocycles. The first-order valence-corrected chi connectivity index (χ1v) is 6.73. The number of carbonyl (C=O) groups excluding carboxylic acids is 2. The number of amides is 2. The Morgan fingerprint density at radius 1 is 1.10 bits per heavy atom. The van der Waals surface area contributed by atoms with Crippen LogP contribution in [0.1, 0.15) is 29.9 Å². The second-order valence-corrected chi connectivity index (χ2v) is 4.85. The zero-order chi connectivity index (χ0) is 14.7. The maximum atomic E-state index is 11.8. The van der Waals surface area contributed by atoms with Gasteiger partial charge < -0.3 is 4.42 Å². The standard InChI is InChI=1S/C14H14N4O3/c19-11(9-7-4-8-9)15-16-12(20)14-18-17-13(21-14)10-5-2-1-3-6-10/h1-3,5-6,9H,4,7-8H2,(H,15,19)(H,16,20). The maximum Gasteiger partial charge on any atom is 0.327 e. The Bertz CT molecular complexity index is 649. The van der Waals surface area contributed by atoms with E-state index in [1.807, 2.05) is 18.2 Å². The van der Waals surface area contributed by atoms with Crippen LogP contribution in [0.2, 0.25) is 0 Å². The number of aromatic nitrogens is 2. The molecule has 2 N–H and O–H groups in total. The van der Waals surface area contributed by atoms with E-state index in [9.17, 15) is 9.59 Å². The van der Waals surface area contributed by atoms with E-state index in [-0.39, 0.29) is 23.6 Å². The van der Waals surface area contributed by atoms with Crippen molar-refractivity contribution in [2.45, 2.75) is 19.3 Å². The molecule has 0 spiro atoms. The largest absolute Gasteiger partial charge is 0.412 e. The molecule has 0 saturated heterocycles. The number of nitrogens with one attached hydrogen (secondary N) is 2. The van der Waals surface area contributed by atoms with Crippen LogP contribution in [-0.4, -0.2) is 22.0 Å². The maximum absolute atomic E-state index is 11.8. The van der Waals surface area contributed by atoms with Gasteiger partial charge in [0.1, 0.15) is 0 Å². The van der Waals surface area contributed by atoms with E-state index in [0.717, 1.165) is 24.8 Å². The van der Waals surface area contributed by atoms with Gasteiger partial charge >= 0.3 is 11.8 Å². The van der Waals surface area contributed by atoms with Gasteiger partial charge in [-0.3, -0.25) is 20.4 Å². The highest BCUT2D eigenvalue weighted by atomic mass is 16.4. The van der Waals surface area contributed by atoms with Crippen LogP contribution in [0.3, 0.4) is 0 Å². The molecule has 2 amide bonds. The van der Waals surface area contributed by atoms with Crippen LogP contribution in [0.5, 0.6) is 0 Å². The summed E-state index contributed by atoms with van der Waals surface area (Å²) in [6.07, 6.45) is 2.77. The first kappa shape index (κ1) is 13.3. The predicted molar refractivity (Wildman–Crippen MR) is 72.7 cm³/mol. The molecular weight excluding hydrogens is 272 g/mol. The van der Waals surface area contributed by atoms with Gasteiger partial charge in [0.2, 0.25) is 11.8 Å². The van der Waals surface area contributed by atoms with Crippen LogP contribution in [0.15, 0.2) is 34.7 Å². The molecule has 2 aromatic rings. The smallest absolute Gasteiger partial charge is 0.327 e. The molecule has 0 radical (unpaired) electrons. The van der Waals surface area contributed by atoms with Gasteiger partial charge in [-0.05, 0) is 25.0 Å². The molecule has 1 saturated carbocycles. The quantitative estimate of drug-likeness (QED) is 0.829. The summed E-state index contributed by atoms with van der Waals surface area (Å²) in [6.45, 7) is 0. The molecule has 7 heteroatoms. The number of hydrogen-bond acceptors (Lipinski definition) is 5. The Kier molecular flexibility index (Phi) is 3.63. The lowest BCUT2D eigenvalue weighted by Crippen LogP contribution is -2.46. The highest BCUT2D eigenvalue weighted by molar-refractivity contribution is 5.91. The lowest BCUT2D eigenvalue weighted by atomic mass is 9.85. The minimum Gasteiger partial charge on any atom is -0.412 e. The van der Waals surface area contributed by atoms with Crippen molar-refractivity contribution in [2.75, 3.05) is 0 Å². The molecule has 0 unspecified atom stereocenters. The lowest BCUT2D eigenvalue weighted by molar-refractivity contribution is -0.128. The average Bonchev–Trinajstić information content (AvgIpc) is 2.94. The van der Waals surface area contributed by atoms with Crippen molar-refractivity contribution in [1.82, 2.24) is 21.0 Å². The topological polar surface area (TPSA) is 97.1 Å². The van der Waals surface area contributed by atoms with Crippen molar-refractivity contribution in [3.63, 3.8) is 0 Å². The number of hydrazine groups is 1. The minimum absolute atomic E-state index is 0.00661. The Morgan fingerprint density at radius 2 is 1.86 bits per heavy atom. The van der Waals surface area contributed by atoms with E-state index in [1.165, 1.54) is 0 Å². The van der Waals surface area contributed by atoms with Gasteiger partial charge in [-0.15, -0.1) is 10.2 Å². The molecule has 21 heavy (non-hydrogen) atoms. The van der Waals surface area contributed by atoms with E-state index < -0.39 is 5.91 Å². The monoisotopic (exact) mass is 286 g/mol. The second kappa shape index (κ2) is 5.74. The molecule has 7 nitrogen and oxygen atoms in total. The molecule has 0 aliphatic heterocycles. The highest BCUT2D eigenvalue weighted by Gasteiger charge is 2.26. The molecule has 1 aromatic carbocycles. The molecule has 0 bridgehead atoms. The summed E-state index contributed by atoms with van der Waals surface area (Å²) in [6, 6.07) is 9.13. The second-order valence-electron chi connectivity index (χ2n) is 4.85. The van der Waals surface area contributed by atoms with Crippen LogP contribution in [0, 0.1) is 5.92 Å². The fraction of sp³-hybridized carbons (Fsp3) is 0.286. The summed E-state index contributed by atoms with van der Waals surface area (Å²) < 4.78 is 5.28. The van der Waals surface area contributed by atoms with Crippen molar-refractivity contribution < 1.29 is 14.0 Å². The molecule has 1 aliphatic rings. The third kappa shape index (κ3) is 2.91. The SMILES string of the molecule is O=C(NNC(=O)C1CCC1)c1nnc(-c2ccccc2)o1. The van der Waals surface area contributed by atoms with Crippen LogP contribution >= 0.6 is 0 Å². The zero-order valence-electron chi connectivity index (χ0n) is 11.2. The molecule has 3 rings (SSSR count). The van der Waals surface area contributed by atoms with Crippen LogP contribution < -0.4 is 10.9 Å². The highest BCUT2D eigenvalue weighted by Crippen LogP contribution is 2.25. The van der Waals surface area contributed by atoms with Crippen LogP contribution in [0.4, 0.5) is 0 Å². The van der Waals surface area contributed by atoms with Crippen LogP contribution in [-0.2, 0) is 4.79 Å². The van der Waals surface area contributed by atoms with Gasteiger partial charge in [0.25, 0.3) is 0 Å². The summed E-state index contributed by atoms with van der Waals surface area (Å²) in [7, 11) is 0. The first-order chi connectivity index (χ1) is 10.2. The molecule has 1 fully saturated rings. The number of hydrogen-bond donors (Lipinski definition) is 2. The molecule has 1 aliphatic carbocycles. The number of nitrogens with zero attached hydrogens (tertiary/aromatic N) is 2. The normalized spacial score (nSPS) is 14.3. The van der Waals surface area contributed by atoms with Crippen molar-refractivity contribution in [3.8, 4) is 11.5 Å². The predicted octanol–water partition coefficient (Wildman–Crippen LogP) is 1.30. The fourth-order valence-corrected chi connectivity index (χ4v) is 1.96. The summed E-state index contributed by atoms with van der Waals surface area (Å²) in [4.78, 5) is 23.4. The Morgan fingerprint density at radius 3 is 2.52 bits per heavy atom. The summed E-state index contributed by atoms with van der Waals surface area (Å²) in [5, 5.41) is 7.48. The van der Waals surface area contributed by atoms with Gasteiger partial charge in [-0.25, -0.2) is 0 Å². The summed E-state index contributed by atoms with van der Waals surface area (Å²) in [5.74, 6) is -0.753. The minimum atomic E-state index is -0.627. The molecule has 1 heterocycles. The molecule has 108 valence electrons. The van der Waals surface area contributed by atoms with Gasteiger partial charge in [0.15, 0.2) is 0 Å². The fourth-order valence-electron chi connectivity index (χ4n) is 1.96. The van der Waals surface area contributed by atoms with Gasteiger partial charge in [-0.1, -0.05) is 24.6 Å². The molecular formula is C14H14N4O3. The van der Waals surface area contributed by atoms with E-state index in [4.69, 9.17) is 4.42 Å². The Labute approximate surface area is 120 Å². The first-order valence-electron chi connectivity index (χ1n) is 6.73. The number of carbonyl (C=O) groups is 2. The van der Waals surface area contributed by atoms with Gasteiger partial charge in [0, 0.05) is 11.5 Å². The van der Waals surface area contributed by atoms with Crippen molar-refractivity contribution in [2.24, 2.45) is 5.92 Å². The van der Waals surface area contributed by atoms with Crippen molar-refractivity contribution >= 4 is 11.8 Å². The average molecular weight is 286 g/mol. The van der Waals surface area contributed by atoms with E-state index in [2.05, 4.69) is 21.0 Å². The number of rotatable bonds is 3. The Balaban J connectivity index is 1.60. The van der Waals surface area contributed by atoms with E-state index >= 15 is 0 Å². The molecule has 0 atom stereocenters. The zero-order valence-corrected chi connectivity index (χ0v) is 11.2. The third-order valence-corrected chi connectivity index (χ3v) is 3.42. The lowest BCUT2D eigenvalue weighted by Gasteiger charge is -2.23. The van der Waals surface area contributed by atoms with Gasteiger partial charge in [-0.2, -0.15) is 0 Å². The van der Waals surface area contributed by atoms with Crippen LogP contribution in [0.25, 0.3) is 11.5 Å². The number of benzene rings is 1. The Hall–Kier alpha value is -2.70. The van der Waals surface area contributed by atoms with Gasteiger partial charge in [0.05, 0.1) is 0 Å². The summed E-state index contributed by atoms with van der Waals surface area (Å²) >= 11 is 0. The third-order valence-electron chi connectivity index (χ3n) is 3.42. The van der Waals surface area contributed by atoms with Crippen molar-refractivity contribution in [3.05, 3.63) is 36.2 Å². The van der Waals surface area contributed by atoms with E-state index in [0.29, 0.717) is 0 Å². The van der Waals surface area contributed by atoms with E-state index in [1.54, 1.807) is 12.1 Å².